The van der Waals surface area contributed by atoms with Crippen LogP contribution in [-0.2, 0) is 11.3 Å². The molecule has 0 aliphatic carbocycles. The highest BCUT2D eigenvalue weighted by molar-refractivity contribution is 14.1. The van der Waals surface area contributed by atoms with Gasteiger partial charge < -0.3 is 8.85 Å². The largest absolute Gasteiger partial charge is 0.323 e. The summed E-state index contributed by atoms with van der Waals surface area (Å²) in [5, 5.41) is 11.0. The van der Waals surface area contributed by atoms with E-state index in [-0.39, 0.29) is 12.5 Å². The van der Waals surface area contributed by atoms with Crippen LogP contribution in [0, 0.1) is 0 Å². The highest BCUT2D eigenvalue weighted by Gasteiger charge is 2.11. The molecule has 4 heterocycles. The highest BCUT2D eigenvalue weighted by Crippen LogP contribution is 2.13. The Hall–Kier alpha value is -2.83. The number of anilines is 2. The predicted molar refractivity (Wildman–Crippen MR) is 94.6 cm³/mol. The van der Waals surface area contributed by atoms with Gasteiger partial charge in [-0.05, 0) is 12.1 Å². The van der Waals surface area contributed by atoms with Crippen molar-refractivity contribution in [2.24, 2.45) is 0 Å². The molecular weight excluding hydrogens is 425 g/mol. The maximum atomic E-state index is 12.3. The zero-order valence-electron chi connectivity index (χ0n) is 12.1. The standard InChI is InChI=1S/C13H10IN9O/c14-21-10-4-15-9-3-17-23(13(9)20-10)6-12(24)19-8-1-2-11-16-7-18-22(11)5-8/h1-5,7H,6H2,(H,19,24)(H,20,21). The van der Waals surface area contributed by atoms with E-state index in [2.05, 4.69) is 34.0 Å². The summed E-state index contributed by atoms with van der Waals surface area (Å²) in [5.41, 5.74) is 2.50. The van der Waals surface area contributed by atoms with Crippen LogP contribution >= 0.6 is 22.9 Å². The van der Waals surface area contributed by atoms with Crippen LogP contribution in [0.4, 0.5) is 11.5 Å². The monoisotopic (exact) mass is 435 g/mol. The number of nitrogens with zero attached hydrogens (tertiary/aromatic N) is 7. The van der Waals surface area contributed by atoms with Crippen LogP contribution in [-0.4, -0.2) is 40.3 Å². The Labute approximate surface area is 148 Å². The zero-order chi connectivity index (χ0) is 16.5. The number of carbonyl (C=O) groups is 1. The molecule has 0 aliphatic heterocycles. The van der Waals surface area contributed by atoms with Crippen molar-refractivity contribution in [3.8, 4) is 0 Å². The molecule has 10 nitrogen and oxygen atoms in total. The summed E-state index contributed by atoms with van der Waals surface area (Å²) in [4.78, 5) is 24.9. The number of amides is 1. The van der Waals surface area contributed by atoms with Crippen LogP contribution in [0.25, 0.3) is 16.8 Å². The average Bonchev–Trinajstić information content (AvgIpc) is 3.21. The molecule has 0 aromatic carbocycles. The number of fused-ring (bicyclic) bond motifs is 2. The Kier molecular flexibility index (Phi) is 3.68. The van der Waals surface area contributed by atoms with Crippen LogP contribution in [0.15, 0.2) is 37.1 Å². The van der Waals surface area contributed by atoms with Crippen molar-refractivity contribution in [3.05, 3.63) is 37.1 Å². The summed E-state index contributed by atoms with van der Waals surface area (Å²) in [6.45, 7) is 0.0261. The van der Waals surface area contributed by atoms with Gasteiger partial charge in [-0.1, -0.05) is 0 Å². The number of carbonyl (C=O) groups excluding carboxylic acids is 1. The quantitative estimate of drug-likeness (QED) is 0.367. The first-order chi connectivity index (χ1) is 11.7. The Morgan fingerprint density at radius 1 is 1.21 bits per heavy atom. The Morgan fingerprint density at radius 2 is 2.12 bits per heavy atom. The summed E-state index contributed by atoms with van der Waals surface area (Å²) < 4.78 is 5.97. The molecule has 11 heteroatoms. The molecule has 0 bridgehead atoms. The third-order valence-electron chi connectivity index (χ3n) is 3.29. The van der Waals surface area contributed by atoms with Crippen molar-refractivity contribution in [1.29, 1.82) is 0 Å². The number of pyridine rings is 1. The predicted octanol–water partition coefficient (Wildman–Crippen LogP) is 1.27. The van der Waals surface area contributed by atoms with E-state index in [0.717, 1.165) is 0 Å². The molecule has 1 amide bonds. The third kappa shape index (κ3) is 2.73. The molecule has 2 N–H and O–H groups in total. The lowest BCUT2D eigenvalue weighted by Gasteiger charge is -2.06. The molecule has 120 valence electrons. The summed E-state index contributed by atoms with van der Waals surface area (Å²) in [6.07, 6.45) is 6.33. The Morgan fingerprint density at radius 3 is 3.00 bits per heavy atom. The van der Waals surface area contributed by atoms with Gasteiger partial charge in [0.1, 0.15) is 18.4 Å². The molecule has 0 saturated carbocycles. The van der Waals surface area contributed by atoms with E-state index >= 15 is 0 Å². The normalized spacial score (nSPS) is 11.0. The second-order valence-corrected chi connectivity index (χ2v) is 5.43. The molecule has 0 fully saturated rings. The fraction of sp³-hybridized carbons (Fsp3) is 0.0769. The van der Waals surface area contributed by atoms with Gasteiger partial charge in [0.2, 0.25) is 5.91 Å². The molecule has 0 unspecified atom stereocenters. The lowest BCUT2D eigenvalue weighted by atomic mass is 10.4. The maximum Gasteiger partial charge on any atom is 0.246 e. The Bertz CT molecular complexity index is 1040. The van der Waals surface area contributed by atoms with Crippen molar-refractivity contribution in [3.63, 3.8) is 0 Å². The minimum atomic E-state index is -0.228. The molecule has 0 spiro atoms. The van der Waals surface area contributed by atoms with Crippen LogP contribution in [0.2, 0.25) is 0 Å². The van der Waals surface area contributed by atoms with E-state index in [1.807, 2.05) is 22.9 Å². The van der Waals surface area contributed by atoms with Crippen molar-refractivity contribution in [2.75, 3.05) is 8.85 Å². The SMILES string of the molecule is O=C(Cn1ncc2ncc(NI)nc21)Nc1ccc2ncnn2c1. The lowest BCUT2D eigenvalue weighted by molar-refractivity contribution is -0.116. The second kappa shape index (κ2) is 5.99. The molecule has 24 heavy (non-hydrogen) atoms. The summed E-state index contributed by atoms with van der Waals surface area (Å²) in [7, 11) is 0. The molecular formula is C13H10IN9O. The van der Waals surface area contributed by atoms with Gasteiger partial charge in [0, 0.05) is 0 Å². The minimum absolute atomic E-state index is 0.0261. The average molecular weight is 435 g/mol. The number of rotatable bonds is 4. The highest BCUT2D eigenvalue weighted by atomic mass is 127. The van der Waals surface area contributed by atoms with E-state index in [1.165, 1.54) is 11.0 Å². The first kappa shape index (κ1) is 14.7. The van der Waals surface area contributed by atoms with Gasteiger partial charge in [-0.25, -0.2) is 24.1 Å². The van der Waals surface area contributed by atoms with Gasteiger partial charge in [-0.2, -0.15) is 10.2 Å². The zero-order valence-corrected chi connectivity index (χ0v) is 14.2. The summed E-state index contributed by atoms with van der Waals surface area (Å²) >= 11 is 1.97. The first-order valence-electron chi connectivity index (χ1n) is 6.87. The van der Waals surface area contributed by atoms with Crippen LogP contribution < -0.4 is 8.85 Å². The number of nitrogens with one attached hydrogen (secondary N) is 2. The van der Waals surface area contributed by atoms with Gasteiger partial charge in [0.25, 0.3) is 0 Å². The van der Waals surface area contributed by atoms with Crippen molar-refractivity contribution < 1.29 is 4.79 Å². The third-order valence-corrected chi connectivity index (χ3v) is 3.85. The summed E-state index contributed by atoms with van der Waals surface area (Å²) in [5.74, 6) is 0.371. The molecule has 0 radical (unpaired) electrons. The van der Waals surface area contributed by atoms with E-state index in [4.69, 9.17) is 0 Å². The van der Waals surface area contributed by atoms with E-state index in [9.17, 15) is 4.79 Å². The molecule has 0 aliphatic rings. The van der Waals surface area contributed by atoms with Crippen molar-refractivity contribution in [1.82, 2.24) is 34.3 Å². The molecule has 0 atom stereocenters. The Balaban J connectivity index is 1.55. The van der Waals surface area contributed by atoms with E-state index in [1.54, 1.807) is 35.2 Å². The molecule has 4 aromatic rings. The molecule has 4 rings (SSSR count). The van der Waals surface area contributed by atoms with Gasteiger partial charge in [0.15, 0.2) is 17.1 Å². The van der Waals surface area contributed by atoms with Crippen molar-refractivity contribution in [2.45, 2.75) is 6.54 Å². The van der Waals surface area contributed by atoms with Gasteiger partial charge in [-0.3, -0.25) is 4.79 Å². The fourth-order valence-corrected chi connectivity index (χ4v) is 2.50. The summed E-state index contributed by atoms with van der Waals surface area (Å²) in [6, 6.07) is 3.54. The second-order valence-electron chi connectivity index (χ2n) is 4.89. The maximum absolute atomic E-state index is 12.3. The lowest BCUT2D eigenvalue weighted by Crippen LogP contribution is -2.20. The van der Waals surface area contributed by atoms with Gasteiger partial charge >= 0.3 is 0 Å². The first-order valence-corrected chi connectivity index (χ1v) is 7.95. The topological polar surface area (TPSA) is 115 Å². The van der Waals surface area contributed by atoms with E-state index in [0.29, 0.717) is 28.3 Å². The number of hydrogen-bond donors (Lipinski definition) is 2. The van der Waals surface area contributed by atoms with Crippen LogP contribution in [0.3, 0.4) is 0 Å². The van der Waals surface area contributed by atoms with Crippen molar-refractivity contribution >= 4 is 57.1 Å². The number of aromatic nitrogens is 7. The van der Waals surface area contributed by atoms with E-state index < -0.39 is 0 Å². The van der Waals surface area contributed by atoms with Gasteiger partial charge in [0.05, 0.1) is 47.1 Å². The number of halogens is 1. The van der Waals surface area contributed by atoms with Crippen LogP contribution in [0.5, 0.6) is 0 Å². The minimum Gasteiger partial charge on any atom is -0.323 e. The van der Waals surface area contributed by atoms with Gasteiger partial charge in [-0.15, -0.1) is 0 Å². The fourth-order valence-electron chi connectivity index (χ4n) is 2.24. The molecule has 4 aromatic heterocycles. The smallest absolute Gasteiger partial charge is 0.246 e. The number of hydrogen-bond acceptors (Lipinski definition) is 7. The molecule has 0 saturated heterocycles. The van der Waals surface area contributed by atoms with Crippen LogP contribution in [0.1, 0.15) is 0 Å².